The van der Waals surface area contributed by atoms with Crippen LogP contribution in [-0.4, -0.2) is 42.1 Å². The first-order valence-corrected chi connectivity index (χ1v) is 7.44. The number of carbonyl (C=O) groups is 1. The molecule has 118 valence electrons. The largest absolute Gasteiger partial charge is 0.362 e. The Hall–Kier alpha value is -1.17. The molecule has 0 fully saturated rings. The normalized spacial score (nSPS) is 9.86. The van der Waals surface area contributed by atoms with E-state index in [4.69, 9.17) is 12.2 Å². The van der Waals surface area contributed by atoms with Crippen molar-refractivity contribution in [2.24, 2.45) is 0 Å². The molecule has 0 aliphatic carbocycles. The number of amides is 1. The van der Waals surface area contributed by atoms with Crippen LogP contribution in [0.3, 0.4) is 0 Å². The SMILES string of the molecule is CCN(CC)CCCNC(=S)NC(=O)c1ccccc1.Cl. The van der Waals surface area contributed by atoms with Crippen molar-refractivity contribution >= 4 is 35.6 Å². The Morgan fingerprint density at radius 1 is 1.19 bits per heavy atom. The van der Waals surface area contributed by atoms with Crippen molar-refractivity contribution in [2.75, 3.05) is 26.2 Å². The molecular formula is C15H24ClN3OS. The number of rotatable bonds is 7. The first-order valence-electron chi connectivity index (χ1n) is 7.04. The van der Waals surface area contributed by atoms with Crippen molar-refractivity contribution in [3.05, 3.63) is 35.9 Å². The zero-order valence-corrected chi connectivity index (χ0v) is 14.2. The highest BCUT2D eigenvalue weighted by molar-refractivity contribution is 7.80. The monoisotopic (exact) mass is 329 g/mol. The molecule has 0 aliphatic heterocycles. The van der Waals surface area contributed by atoms with E-state index in [2.05, 4.69) is 29.4 Å². The molecule has 4 nitrogen and oxygen atoms in total. The topological polar surface area (TPSA) is 44.4 Å². The summed E-state index contributed by atoms with van der Waals surface area (Å²) in [6.45, 7) is 8.24. The molecule has 1 aromatic carbocycles. The van der Waals surface area contributed by atoms with Gasteiger partial charge in [0, 0.05) is 12.1 Å². The lowest BCUT2D eigenvalue weighted by molar-refractivity contribution is 0.0976. The third-order valence-corrected chi connectivity index (χ3v) is 3.34. The number of hydrogen-bond acceptors (Lipinski definition) is 3. The third kappa shape index (κ3) is 7.99. The molecule has 1 rings (SSSR count). The minimum atomic E-state index is -0.174. The molecule has 0 saturated carbocycles. The van der Waals surface area contributed by atoms with Gasteiger partial charge >= 0.3 is 0 Å². The Kier molecular flexibility index (Phi) is 10.8. The number of benzene rings is 1. The van der Waals surface area contributed by atoms with Crippen molar-refractivity contribution in [1.82, 2.24) is 15.5 Å². The summed E-state index contributed by atoms with van der Waals surface area (Å²) in [7, 11) is 0. The summed E-state index contributed by atoms with van der Waals surface area (Å²) >= 11 is 5.11. The predicted molar refractivity (Wildman–Crippen MR) is 94.2 cm³/mol. The predicted octanol–water partition coefficient (Wildman–Crippen LogP) is 2.44. The van der Waals surface area contributed by atoms with Crippen LogP contribution in [0, 0.1) is 0 Å². The lowest BCUT2D eigenvalue weighted by Gasteiger charge is -2.18. The standard InChI is InChI=1S/C15H23N3OS.ClH/c1-3-18(4-2)12-8-11-16-15(20)17-14(19)13-9-6-5-7-10-13;/h5-7,9-10H,3-4,8,11-12H2,1-2H3,(H2,16,17,19,20);1H. The van der Waals surface area contributed by atoms with Gasteiger partial charge in [0.05, 0.1) is 0 Å². The van der Waals surface area contributed by atoms with Gasteiger partial charge in [-0.3, -0.25) is 10.1 Å². The highest BCUT2D eigenvalue weighted by atomic mass is 35.5. The third-order valence-electron chi connectivity index (χ3n) is 3.09. The molecule has 0 aromatic heterocycles. The molecule has 1 amide bonds. The molecule has 0 saturated heterocycles. The van der Waals surface area contributed by atoms with E-state index in [0.29, 0.717) is 10.7 Å². The zero-order valence-electron chi connectivity index (χ0n) is 12.6. The van der Waals surface area contributed by atoms with Crippen molar-refractivity contribution in [2.45, 2.75) is 20.3 Å². The second-order valence-corrected chi connectivity index (χ2v) is 4.86. The maximum absolute atomic E-state index is 11.8. The van der Waals surface area contributed by atoms with E-state index in [0.717, 1.165) is 32.6 Å². The molecule has 0 atom stereocenters. The van der Waals surface area contributed by atoms with Crippen LogP contribution in [0.2, 0.25) is 0 Å². The Balaban J connectivity index is 0.00000400. The van der Waals surface area contributed by atoms with Crippen molar-refractivity contribution in [3.63, 3.8) is 0 Å². The van der Waals surface area contributed by atoms with Gasteiger partial charge in [-0.15, -0.1) is 12.4 Å². The summed E-state index contributed by atoms with van der Waals surface area (Å²) in [6, 6.07) is 9.06. The van der Waals surface area contributed by atoms with E-state index in [1.807, 2.05) is 18.2 Å². The molecule has 2 N–H and O–H groups in total. The maximum Gasteiger partial charge on any atom is 0.257 e. The summed E-state index contributed by atoms with van der Waals surface area (Å²) in [5.74, 6) is -0.174. The van der Waals surface area contributed by atoms with Gasteiger partial charge in [0.25, 0.3) is 5.91 Å². The average Bonchev–Trinajstić information content (AvgIpc) is 2.48. The maximum atomic E-state index is 11.8. The van der Waals surface area contributed by atoms with Crippen LogP contribution in [0.1, 0.15) is 30.6 Å². The number of carbonyl (C=O) groups excluding carboxylic acids is 1. The molecule has 0 aliphatic rings. The molecule has 0 spiro atoms. The van der Waals surface area contributed by atoms with Gasteiger partial charge in [-0.1, -0.05) is 32.0 Å². The van der Waals surface area contributed by atoms with E-state index >= 15 is 0 Å². The molecule has 0 bridgehead atoms. The van der Waals surface area contributed by atoms with Gasteiger partial charge < -0.3 is 10.2 Å². The minimum absolute atomic E-state index is 0. The Morgan fingerprint density at radius 3 is 2.38 bits per heavy atom. The Labute approximate surface area is 138 Å². The molecular weight excluding hydrogens is 306 g/mol. The molecule has 0 heterocycles. The average molecular weight is 330 g/mol. The van der Waals surface area contributed by atoms with E-state index in [1.54, 1.807) is 12.1 Å². The fourth-order valence-electron chi connectivity index (χ4n) is 1.85. The summed E-state index contributed by atoms with van der Waals surface area (Å²) in [5.41, 5.74) is 0.611. The number of halogens is 1. The van der Waals surface area contributed by atoms with Gasteiger partial charge in [-0.2, -0.15) is 0 Å². The van der Waals surface area contributed by atoms with Gasteiger partial charge in [0.1, 0.15) is 0 Å². The fraction of sp³-hybridized carbons (Fsp3) is 0.467. The lowest BCUT2D eigenvalue weighted by atomic mass is 10.2. The van der Waals surface area contributed by atoms with E-state index < -0.39 is 0 Å². The summed E-state index contributed by atoms with van der Waals surface area (Å²) < 4.78 is 0. The van der Waals surface area contributed by atoms with E-state index in [9.17, 15) is 4.79 Å². The molecule has 1 aromatic rings. The second kappa shape index (κ2) is 11.5. The fourth-order valence-corrected chi connectivity index (χ4v) is 2.05. The van der Waals surface area contributed by atoms with Gasteiger partial charge in [0.15, 0.2) is 5.11 Å². The number of nitrogens with one attached hydrogen (secondary N) is 2. The molecule has 21 heavy (non-hydrogen) atoms. The first-order chi connectivity index (χ1) is 9.67. The van der Waals surface area contributed by atoms with Crippen molar-refractivity contribution in [3.8, 4) is 0 Å². The van der Waals surface area contributed by atoms with E-state index in [1.165, 1.54) is 0 Å². The van der Waals surface area contributed by atoms with Crippen LogP contribution in [0.5, 0.6) is 0 Å². The first kappa shape index (κ1) is 19.8. The summed E-state index contributed by atoms with van der Waals surface area (Å²) in [5, 5.41) is 6.13. The van der Waals surface area contributed by atoms with E-state index in [-0.39, 0.29) is 18.3 Å². The van der Waals surface area contributed by atoms with Crippen LogP contribution in [0.15, 0.2) is 30.3 Å². The van der Waals surface area contributed by atoms with Crippen LogP contribution < -0.4 is 10.6 Å². The van der Waals surface area contributed by atoms with Gasteiger partial charge in [-0.25, -0.2) is 0 Å². The zero-order chi connectivity index (χ0) is 14.8. The van der Waals surface area contributed by atoms with Gasteiger partial charge in [0.2, 0.25) is 0 Å². The molecule has 0 unspecified atom stereocenters. The minimum Gasteiger partial charge on any atom is -0.362 e. The molecule has 0 radical (unpaired) electrons. The van der Waals surface area contributed by atoms with Crippen LogP contribution in [0.25, 0.3) is 0 Å². The summed E-state index contributed by atoms with van der Waals surface area (Å²) in [6.07, 6.45) is 1.00. The van der Waals surface area contributed by atoms with Crippen molar-refractivity contribution < 1.29 is 4.79 Å². The highest BCUT2D eigenvalue weighted by Gasteiger charge is 2.06. The smallest absolute Gasteiger partial charge is 0.257 e. The van der Waals surface area contributed by atoms with Crippen molar-refractivity contribution in [1.29, 1.82) is 0 Å². The number of nitrogens with zero attached hydrogens (tertiary/aromatic N) is 1. The van der Waals surface area contributed by atoms with Crippen LogP contribution in [-0.2, 0) is 0 Å². The molecule has 6 heteroatoms. The Bertz CT molecular complexity index is 424. The van der Waals surface area contributed by atoms with Crippen LogP contribution in [0.4, 0.5) is 0 Å². The quantitative estimate of drug-likeness (QED) is 0.596. The van der Waals surface area contributed by atoms with Gasteiger partial charge in [-0.05, 0) is 50.4 Å². The lowest BCUT2D eigenvalue weighted by Crippen LogP contribution is -2.40. The number of hydrogen-bond donors (Lipinski definition) is 2. The Morgan fingerprint density at radius 2 is 1.81 bits per heavy atom. The second-order valence-electron chi connectivity index (χ2n) is 4.46. The van der Waals surface area contributed by atoms with Crippen LogP contribution >= 0.6 is 24.6 Å². The highest BCUT2D eigenvalue weighted by Crippen LogP contribution is 1.97. The number of thiocarbonyl (C=S) groups is 1. The summed E-state index contributed by atoms with van der Waals surface area (Å²) in [4.78, 5) is 14.2.